The third kappa shape index (κ3) is 3.79. The number of halogens is 1. The highest BCUT2D eigenvalue weighted by Gasteiger charge is 2.11. The fourth-order valence-electron chi connectivity index (χ4n) is 2.00. The zero-order chi connectivity index (χ0) is 14.4. The summed E-state index contributed by atoms with van der Waals surface area (Å²) in [6.45, 7) is 5.18. The molecule has 3 nitrogen and oxygen atoms in total. The molecule has 2 aromatic rings. The Bertz CT molecular complexity index is 555. The van der Waals surface area contributed by atoms with E-state index in [4.69, 9.17) is 0 Å². The van der Waals surface area contributed by atoms with Crippen LogP contribution in [-0.2, 0) is 12.8 Å². The lowest BCUT2D eigenvalue weighted by atomic mass is 10.1. The minimum atomic E-state index is 0.766. The Morgan fingerprint density at radius 3 is 2.50 bits per heavy atom. The van der Waals surface area contributed by atoms with Crippen molar-refractivity contribution in [1.29, 1.82) is 0 Å². The molecule has 20 heavy (non-hydrogen) atoms. The van der Waals surface area contributed by atoms with Crippen LogP contribution in [0.2, 0.25) is 0 Å². The van der Waals surface area contributed by atoms with E-state index in [0.29, 0.717) is 0 Å². The van der Waals surface area contributed by atoms with Gasteiger partial charge in [-0.3, -0.25) is 0 Å². The van der Waals surface area contributed by atoms with Crippen molar-refractivity contribution in [2.75, 3.05) is 11.9 Å². The van der Waals surface area contributed by atoms with E-state index >= 15 is 0 Å². The van der Waals surface area contributed by atoms with Gasteiger partial charge in [0.2, 0.25) is 0 Å². The summed E-state index contributed by atoms with van der Waals surface area (Å²) in [5.74, 6) is 1.78. The molecule has 0 unspecified atom stereocenters. The van der Waals surface area contributed by atoms with Gasteiger partial charge < -0.3 is 5.32 Å². The Balaban J connectivity index is 2.28. The number of anilines is 1. The molecule has 0 aliphatic rings. The fraction of sp³-hybridized carbons (Fsp3) is 0.375. The number of nitrogens with one attached hydrogen (secondary N) is 1. The first-order valence-electron chi connectivity index (χ1n) is 7.07. The van der Waals surface area contributed by atoms with Gasteiger partial charge >= 0.3 is 0 Å². The Labute approximate surface area is 129 Å². The molecule has 0 atom stereocenters. The van der Waals surface area contributed by atoms with Crippen LogP contribution in [0.4, 0.5) is 5.82 Å². The maximum absolute atomic E-state index is 4.66. The molecule has 0 fully saturated rings. The lowest BCUT2D eigenvalue weighted by molar-refractivity contribution is 0.883. The van der Waals surface area contributed by atoms with E-state index in [-0.39, 0.29) is 0 Å². The van der Waals surface area contributed by atoms with Crippen LogP contribution in [0.5, 0.6) is 0 Å². The summed E-state index contributed by atoms with van der Waals surface area (Å²) in [6.07, 6.45) is 2.74. The molecule has 0 saturated heterocycles. The first kappa shape index (κ1) is 15.0. The van der Waals surface area contributed by atoms with Gasteiger partial charge in [-0.05, 0) is 34.3 Å². The van der Waals surface area contributed by atoms with E-state index in [2.05, 4.69) is 57.2 Å². The van der Waals surface area contributed by atoms with Gasteiger partial charge in [0.25, 0.3) is 0 Å². The second-order valence-corrected chi connectivity index (χ2v) is 5.48. The van der Waals surface area contributed by atoms with Crippen molar-refractivity contribution in [3.63, 3.8) is 0 Å². The zero-order valence-electron chi connectivity index (χ0n) is 12.0. The van der Waals surface area contributed by atoms with Gasteiger partial charge in [0.05, 0.1) is 10.2 Å². The van der Waals surface area contributed by atoms with Gasteiger partial charge in [-0.15, -0.1) is 0 Å². The molecule has 1 aromatic carbocycles. The second kappa shape index (κ2) is 7.39. The molecule has 1 N–H and O–H groups in total. The smallest absolute Gasteiger partial charge is 0.144 e. The monoisotopic (exact) mass is 333 g/mol. The summed E-state index contributed by atoms with van der Waals surface area (Å²) in [5.41, 5.74) is 2.29. The van der Waals surface area contributed by atoms with Crippen LogP contribution in [-0.4, -0.2) is 16.5 Å². The maximum Gasteiger partial charge on any atom is 0.144 e. The van der Waals surface area contributed by atoms with E-state index in [1.165, 1.54) is 5.56 Å². The number of rotatable bonds is 6. The van der Waals surface area contributed by atoms with Crippen molar-refractivity contribution in [3.8, 4) is 0 Å². The number of nitrogens with zero attached hydrogens (tertiary/aromatic N) is 2. The second-order valence-electron chi connectivity index (χ2n) is 4.69. The van der Waals surface area contributed by atoms with Crippen molar-refractivity contribution in [2.24, 2.45) is 0 Å². The van der Waals surface area contributed by atoms with Gasteiger partial charge in [0, 0.05) is 13.0 Å². The predicted molar refractivity (Wildman–Crippen MR) is 87.1 cm³/mol. The van der Waals surface area contributed by atoms with Gasteiger partial charge in [0.15, 0.2) is 0 Å². The first-order valence-corrected chi connectivity index (χ1v) is 7.87. The lowest BCUT2D eigenvalue weighted by Crippen LogP contribution is -2.09. The molecule has 2 rings (SSSR count). The van der Waals surface area contributed by atoms with Crippen LogP contribution in [0.15, 0.2) is 34.8 Å². The van der Waals surface area contributed by atoms with Gasteiger partial charge in [0.1, 0.15) is 11.6 Å². The highest BCUT2D eigenvalue weighted by atomic mass is 79.9. The van der Waals surface area contributed by atoms with Crippen LogP contribution in [0.3, 0.4) is 0 Å². The van der Waals surface area contributed by atoms with Crippen molar-refractivity contribution in [3.05, 3.63) is 51.9 Å². The third-order valence-corrected chi connectivity index (χ3v) is 3.88. The number of aryl methyl sites for hydroxylation is 1. The maximum atomic E-state index is 4.66. The van der Waals surface area contributed by atoms with Crippen molar-refractivity contribution in [2.45, 2.75) is 33.1 Å². The van der Waals surface area contributed by atoms with E-state index in [1.54, 1.807) is 0 Å². The SMILES string of the molecule is CCCNc1nc(Cc2ccccc2)nc(CC)c1Br. The number of benzene rings is 1. The van der Waals surface area contributed by atoms with Crippen LogP contribution >= 0.6 is 15.9 Å². The standard InChI is InChI=1S/C16H20BrN3/c1-3-10-18-16-15(17)13(4-2)19-14(20-16)11-12-8-6-5-7-9-12/h5-9H,3-4,10-11H2,1-2H3,(H,18,19,20). The topological polar surface area (TPSA) is 37.8 Å². The molecule has 0 radical (unpaired) electrons. The first-order chi connectivity index (χ1) is 9.74. The van der Waals surface area contributed by atoms with E-state index in [1.807, 2.05) is 18.2 Å². The predicted octanol–water partition coefficient (Wildman–Crippen LogP) is 4.21. The molecule has 4 heteroatoms. The van der Waals surface area contributed by atoms with E-state index in [0.717, 1.165) is 47.6 Å². The third-order valence-electron chi connectivity index (χ3n) is 3.05. The normalized spacial score (nSPS) is 10.6. The lowest BCUT2D eigenvalue weighted by Gasteiger charge is -2.12. The average molecular weight is 334 g/mol. The van der Waals surface area contributed by atoms with Crippen LogP contribution in [0.25, 0.3) is 0 Å². The largest absolute Gasteiger partial charge is 0.369 e. The molecule has 106 valence electrons. The van der Waals surface area contributed by atoms with Gasteiger partial charge in [-0.25, -0.2) is 9.97 Å². The molecule has 0 bridgehead atoms. The summed E-state index contributed by atoms with van der Waals surface area (Å²) < 4.78 is 0.991. The summed E-state index contributed by atoms with van der Waals surface area (Å²) in [5, 5.41) is 3.37. The molecular formula is C16H20BrN3. The minimum Gasteiger partial charge on any atom is -0.369 e. The van der Waals surface area contributed by atoms with Crippen LogP contribution < -0.4 is 5.32 Å². The number of hydrogen-bond acceptors (Lipinski definition) is 3. The Hall–Kier alpha value is -1.42. The molecule has 1 heterocycles. The molecular weight excluding hydrogens is 314 g/mol. The highest BCUT2D eigenvalue weighted by Crippen LogP contribution is 2.24. The Morgan fingerprint density at radius 1 is 1.10 bits per heavy atom. The molecule has 0 aliphatic heterocycles. The summed E-state index contributed by atoms with van der Waals surface area (Å²) in [7, 11) is 0. The number of aromatic nitrogens is 2. The average Bonchev–Trinajstić information content (AvgIpc) is 2.48. The summed E-state index contributed by atoms with van der Waals surface area (Å²) in [4.78, 5) is 9.30. The van der Waals surface area contributed by atoms with E-state index in [9.17, 15) is 0 Å². The van der Waals surface area contributed by atoms with Gasteiger partial charge in [-0.2, -0.15) is 0 Å². The van der Waals surface area contributed by atoms with Crippen LogP contribution in [0.1, 0.15) is 37.4 Å². The van der Waals surface area contributed by atoms with Crippen molar-refractivity contribution >= 4 is 21.7 Å². The highest BCUT2D eigenvalue weighted by molar-refractivity contribution is 9.10. The van der Waals surface area contributed by atoms with Crippen molar-refractivity contribution < 1.29 is 0 Å². The number of hydrogen-bond donors (Lipinski definition) is 1. The quantitative estimate of drug-likeness (QED) is 0.860. The zero-order valence-corrected chi connectivity index (χ0v) is 13.6. The van der Waals surface area contributed by atoms with E-state index < -0.39 is 0 Å². The summed E-state index contributed by atoms with van der Waals surface area (Å²) in [6, 6.07) is 10.3. The minimum absolute atomic E-state index is 0.766. The summed E-state index contributed by atoms with van der Waals surface area (Å²) >= 11 is 3.60. The molecule has 0 saturated carbocycles. The van der Waals surface area contributed by atoms with Gasteiger partial charge in [-0.1, -0.05) is 44.2 Å². The van der Waals surface area contributed by atoms with Crippen molar-refractivity contribution in [1.82, 2.24) is 9.97 Å². The fourth-order valence-corrected chi connectivity index (χ4v) is 2.59. The molecule has 0 aliphatic carbocycles. The Morgan fingerprint density at radius 2 is 1.85 bits per heavy atom. The molecule has 1 aromatic heterocycles. The van der Waals surface area contributed by atoms with Crippen LogP contribution in [0, 0.1) is 0 Å². The Kier molecular flexibility index (Phi) is 5.53. The molecule has 0 spiro atoms. The molecule has 0 amide bonds.